The van der Waals surface area contributed by atoms with E-state index in [0.29, 0.717) is 6.54 Å². The van der Waals surface area contributed by atoms with Crippen molar-refractivity contribution in [3.63, 3.8) is 0 Å². The van der Waals surface area contributed by atoms with E-state index >= 15 is 0 Å². The molecule has 5 nitrogen and oxygen atoms in total. The van der Waals surface area contributed by atoms with Gasteiger partial charge >= 0.3 is 5.97 Å². The zero-order valence-electron chi connectivity index (χ0n) is 10.6. The second-order valence-corrected chi connectivity index (χ2v) is 4.15. The van der Waals surface area contributed by atoms with E-state index < -0.39 is 12.0 Å². The van der Waals surface area contributed by atoms with Crippen molar-refractivity contribution in [3.8, 4) is 0 Å². The molecule has 1 unspecified atom stereocenters. The smallest absolute Gasteiger partial charge is 0.327 e. The van der Waals surface area contributed by atoms with Crippen molar-refractivity contribution >= 4 is 11.9 Å². The Kier molecular flexibility index (Phi) is 5.32. The fraction of sp³-hybridized carbons (Fsp3) is 0.385. The molecule has 1 rings (SSSR count). The van der Waals surface area contributed by atoms with Gasteiger partial charge in [0.25, 0.3) is 0 Å². The Morgan fingerprint density at radius 1 is 1.33 bits per heavy atom. The van der Waals surface area contributed by atoms with E-state index in [1.165, 1.54) is 6.92 Å². The number of carbonyl (C=O) groups is 2. The Morgan fingerprint density at radius 2 is 2.00 bits per heavy atom. The average molecular weight is 250 g/mol. The molecule has 1 aromatic rings. The lowest BCUT2D eigenvalue weighted by Crippen LogP contribution is -2.46. The molecule has 0 saturated heterocycles. The summed E-state index contributed by atoms with van der Waals surface area (Å²) in [5.41, 5.74) is 2.26. The van der Waals surface area contributed by atoms with E-state index in [1.54, 1.807) is 0 Å². The highest BCUT2D eigenvalue weighted by Crippen LogP contribution is 2.05. The van der Waals surface area contributed by atoms with Crippen LogP contribution in [0.15, 0.2) is 24.3 Å². The first-order valence-electron chi connectivity index (χ1n) is 5.76. The number of carboxylic acids is 1. The predicted molar refractivity (Wildman–Crippen MR) is 68.1 cm³/mol. The minimum atomic E-state index is -1.04. The van der Waals surface area contributed by atoms with Crippen LogP contribution in [0.4, 0.5) is 0 Å². The molecule has 0 aromatic heterocycles. The van der Waals surface area contributed by atoms with Crippen LogP contribution in [0, 0.1) is 6.92 Å². The summed E-state index contributed by atoms with van der Waals surface area (Å²) in [5, 5.41) is 14.3. The maximum atomic E-state index is 10.9. The first kappa shape index (κ1) is 14.2. The lowest BCUT2D eigenvalue weighted by Gasteiger charge is -2.14. The van der Waals surface area contributed by atoms with Gasteiger partial charge in [-0.3, -0.25) is 4.79 Å². The summed E-state index contributed by atoms with van der Waals surface area (Å²) in [6, 6.07) is 6.98. The highest BCUT2D eigenvalue weighted by atomic mass is 16.4. The van der Waals surface area contributed by atoms with Crippen molar-refractivity contribution in [2.45, 2.75) is 26.4 Å². The van der Waals surface area contributed by atoms with Crippen LogP contribution in [0.5, 0.6) is 0 Å². The van der Waals surface area contributed by atoms with Gasteiger partial charge in [0, 0.05) is 20.0 Å². The molecule has 1 amide bonds. The molecule has 0 radical (unpaired) electrons. The Labute approximate surface area is 106 Å². The van der Waals surface area contributed by atoms with E-state index in [0.717, 1.165) is 11.1 Å². The van der Waals surface area contributed by atoms with Crippen LogP contribution in [0.1, 0.15) is 18.1 Å². The van der Waals surface area contributed by atoms with Crippen LogP contribution < -0.4 is 10.6 Å². The van der Waals surface area contributed by atoms with Gasteiger partial charge in [0.15, 0.2) is 0 Å². The molecule has 0 heterocycles. The van der Waals surface area contributed by atoms with Gasteiger partial charge < -0.3 is 15.7 Å². The molecule has 0 fully saturated rings. The molecule has 0 spiro atoms. The monoisotopic (exact) mass is 250 g/mol. The summed E-state index contributed by atoms with van der Waals surface area (Å²) < 4.78 is 0. The first-order valence-corrected chi connectivity index (χ1v) is 5.76. The van der Waals surface area contributed by atoms with Gasteiger partial charge in [-0.2, -0.15) is 0 Å². The summed E-state index contributed by atoms with van der Waals surface area (Å²) in [6.45, 7) is 4.08. The maximum Gasteiger partial charge on any atom is 0.327 e. The standard InChI is InChI=1S/C13H18N2O3/c1-9-5-3-4-6-11(9)7-14-8-12(13(17)18)15-10(2)16/h3-6,12,14H,7-8H2,1-2H3,(H,15,16)(H,17,18). The zero-order valence-corrected chi connectivity index (χ0v) is 10.6. The quantitative estimate of drug-likeness (QED) is 0.693. The molecule has 3 N–H and O–H groups in total. The minimum Gasteiger partial charge on any atom is -0.480 e. The van der Waals surface area contributed by atoms with Gasteiger partial charge in [0.05, 0.1) is 0 Å². The van der Waals surface area contributed by atoms with Gasteiger partial charge in [-0.1, -0.05) is 24.3 Å². The van der Waals surface area contributed by atoms with E-state index in [1.807, 2.05) is 31.2 Å². The van der Waals surface area contributed by atoms with Gasteiger partial charge in [0.2, 0.25) is 5.91 Å². The molecule has 0 aliphatic heterocycles. The van der Waals surface area contributed by atoms with E-state index in [2.05, 4.69) is 10.6 Å². The van der Waals surface area contributed by atoms with Crippen molar-refractivity contribution in [2.75, 3.05) is 6.54 Å². The molecule has 0 aliphatic rings. The molecule has 1 atom stereocenters. The maximum absolute atomic E-state index is 10.9. The summed E-state index contributed by atoms with van der Waals surface area (Å²) in [7, 11) is 0. The summed E-state index contributed by atoms with van der Waals surface area (Å²) in [6.07, 6.45) is 0. The number of rotatable bonds is 6. The molecule has 1 aromatic carbocycles. The Balaban J connectivity index is 2.46. The SMILES string of the molecule is CC(=O)NC(CNCc1ccccc1C)C(=O)O. The third kappa shape index (κ3) is 4.55. The van der Waals surface area contributed by atoms with Crippen LogP contribution in [0.3, 0.4) is 0 Å². The number of nitrogens with one attached hydrogen (secondary N) is 2. The topological polar surface area (TPSA) is 78.4 Å². The van der Waals surface area contributed by atoms with Crippen molar-refractivity contribution in [1.82, 2.24) is 10.6 Å². The summed E-state index contributed by atoms with van der Waals surface area (Å²) >= 11 is 0. The molecule has 0 saturated carbocycles. The Morgan fingerprint density at radius 3 is 2.56 bits per heavy atom. The van der Waals surface area contributed by atoms with E-state index in [-0.39, 0.29) is 12.5 Å². The lowest BCUT2D eigenvalue weighted by molar-refractivity contribution is -0.141. The highest BCUT2D eigenvalue weighted by Gasteiger charge is 2.17. The number of benzene rings is 1. The molecule has 18 heavy (non-hydrogen) atoms. The summed E-state index contributed by atoms with van der Waals surface area (Å²) in [5.74, 6) is -1.39. The van der Waals surface area contributed by atoms with Crippen molar-refractivity contribution < 1.29 is 14.7 Å². The predicted octanol–water partition coefficient (Wildman–Crippen LogP) is 0.674. The molecular weight excluding hydrogens is 232 g/mol. The molecule has 5 heteroatoms. The van der Waals surface area contributed by atoms with Crippen molar-refractivity contribution in [1.29, 1.82) is 0 Å². The van der Waals surface area contributed by atoms with Gasteiger partial charge in [-0.15, -0.1) is 0 Å². The van der Waals surface area contributed by atoms with Crippen LogP contribution >= 0.6 is 0 Å². The van der Waals surface area contributed by atoms with Crippen molar-refractivity contribution in [2.24, 2.45) is 0 Å². The van der Waals surface area contributed by atoms with Crippen LogP contribution in [0.25, 0.3) is 0 Å². The van der Waals surface area contributed by atoms with Crippen molar-refractivity contribution in [3.05, 3.63) is 35.4 Å². The Hall–Kier alpha value is -1.88. The largest absolute Gasteiger partial charge is 0.480 e. The van der Waals surface area contributed by atoms with Gasteiger partial charge in [-0.05, 0) is 18.1 Å². The second kappa shape index (κ2) is 6.76. The third-order valence-corrected chi connectivity index (χ3v) is 2.60. The normalized spacial score (nSPS) is 11.9. The number of carbonyl (C=O) groups excluding carboxylic acids is 1. The minimum absolute atomic E-state index is 0.198. The number of carboxylic acid groups (broad SMARTS) is 1. The van der Waals surface area contributed by atoms with E-state index in [9.17, 15) is 9.59 Å². The first-order chi connectivity index (χ1) is 8.50. The molecule has 0 bridgehead atoms. The molecular formula is C13H18N2O3. The number of amides is 1. The van der Waals surface area contributed by atoms with Gasteiger partial charge in [0.1, 0.15) is 6.04 Å². The van der Waals surface area contributed by atoms with E-state index in [4.69, 9.17) is 5.11 Å². The number of aryl methyl sites for hydroxylation is 1. The van der Waals surface area contributed by atoms with Crippen LogP contribution in [0.2, 0.25) is 0 Å². The van der Waals surface area contributed by atoms with Gasteiger partial charge in [-0.25, -0.2) is 4.79 Å². The average Bonchev–Trinajstić information content (AvgIpc) is 2.29. The number of aliphatic carboxylic acids is 1. The zero-order chi connectivity index (χ0) is 13.5. The number of hydrogen-bond acceptors (Lipinski definition) is 3. The fourth-order valence-electron chi connectivity index (χ4n) is 1.61. The Bertz CT molecular complexity index is 432. The van der Waals surface area contributed by atoms with Crippen LogP contribution in [-0.4, -0.2) is 29.6 Å². The van der Waals surface area contributed by atoms with Crippen LogP contribution in [-0.2, 0) is 16.1 Å². The molecule has 98 valence electrons. The second-order valence-electron chi connectivity index (χ2n) is 4.15. The molecule has 0 aliphatic carbocycles. The lowest BCUT2D eigenvalue weighted by atomic mass is 10.1. The number of hydrogen-bond donors (Lipinski definition) is 3. The highest BCUT2D eigenvalue weighted by molar-refractivity contribution is 5.82. The fourth-order valence-corrected chi connectivity index (χ4v) is 1.61. The summed E-state index contributed by atoms with van der Waals surface area (Å²) in [4.78, 5) is 21.7. The third-order valence-electron chi connectivity index (χ3n) is 2.60.